The molecule has 0 N–H and O–H groups in total. The van der Waals surface area contributed by atoms with E-state index in [1.165, 1.54) is 42.7 Å². The first kappa shape index (κ1) is 26.2. The standard InChI is InChI=1S/C18H36N6O6/c1-22(2)14-19-15(23(3)4)21-16(20-14)24(5)12-13(17(25-6,26-7)27-8)18(28-9,29-10)30-11/h13H,12H2,1-11H3. The molecular weight excluding hydrogens is 396 g/mol. The van der Waals surface area contributed by atoms with Gasteiger partial charge < -0.3 is 43.1 Å². The van der Waals surface area contributed by atoms with E-state index in [0.717, 1.165) is 0 Å². The Labute approximate surface area is 179 Å². The molecule has 0 saturated heterocycles. The maximum Gasteiger partial charge on any atom is 0.294 e. The van der Waals surface area contributed by atoms with E-state index in [9.17, 15) is 0 Å². The van der Waals surface area contributed by atoms with E-state index in [-0.39, 0.29) is 6.54 Å². The molecule has 1 heterocycles. The predicted molar refractivity (Wildman–Crippen MR) is 113 cm³/mol. The highest BCUT2D eigenvalue weighted by Crippen LogP contribution is 2.37. The van der Waals surface area contributed by atoms with Gasteiger partial charge in [0.25, 0.3) is 11.9 Å². The molecule has 0 aliphatic carbocycles. The fourth-order valence-electron chi connectivity index (χ4n) is 3.06. The molecule has 0 aromatic carbocycles. The quantitative estimate of drug-likeness (QED) is 0.399. The van der Waals surface area contributed by atoms with Crippen molar-refractivity contribution in [2.24, 2.45) is 5.92 Å². The number of methoxy groups -OCH3 is 6. The molecule has 0 amide bonds. The van der Waals surface area contributed by atoms with Gasteiger partial charge in [-0.05, 0) is 0 Å². The molecule has 0 aliphatic rings. The Bertz CT molecular complexity index is 591. The summed E-state index contributed by atoms with van der Waals surface area (Å²) in [5, 5.41) is 0. The van der Waals surface area contributed by atoms with Crippen LogP contribution < -0.4 is 14.7 Å². The van der Waals surface area contributed by atoms with Gasteiger partial charge >= 0.3 is 0 Å². The van der Waals surface area contributed by atoms with Crippen LogP contribution in [0.1, 0.15) is 0 Å². The van der Waals surface area contributed by atoms with Crippen molar-refractivity contribution in [2.45, 2.75) is 11.9 Å². The zero-order valence-corrected chi connectivity index (χ0v) is 19.9. The lowest BCUT2D eigenvalue weighted by atomic mass is 10.0. The van der Waals surface area contributed by atoms with Gasteiger partial charge in [0.15, 0.2) is 0 Å². The molecule has 0 unspecified atom stereocenters. The number of nitrogens with zero attached hydrogens (tertiary/aromatic N) is 6. The van der Waals surface area contributed by atoms with Crippen LogP contribution in [0.25, 0.3) is 0 Å². The Morgan fingerprint density at radius 1 is 0.600 bits per heavy atom. The van der Waals surface area contributed by atoms with Crippen molar-refractivity contribution in [3.8, 4) is 0 Å². The normalized spacial score (nSPS) is 12.4. The van der Waals surface area contributed by atoms with E-state index in [4.69, 9.17) is 28.4 Å². The van der Waals surface area contributed by atoms with Crippen molar-refractivity contribution >= 4 is 17.8 Å². The van der Waals surface area contributed by atoms with Gasteiger partial charge in [0.1, 0.15) is 5.92 Å². The van der Waals surface area contributed by atoms with Gasteiger partial charge in [-0.15, -0.1) is 0 Å². The number of hydrogen-bond acceptors (Lipinski definition) is 12. The lowest BCUT2D eigenvalue weighted by Crippen LogP contribution is -2.61. The van der Waals surface area contributed by atoms with Crippen LogP contribution in [0.15, 0.2) is 0 Å². The minimum atomic E-state index is -1.54. The van der Waals surface area contributed by atoms with E-state index < -0.39 is 17.9 Å². The average Bonchev–Trinajstić information content (AvgIpc) is 2.76. The summed E-state index contributed by atoms with van der Waals surface area (Å²) in [5.41, 5.74) is 0. The van der Waals surface area contributed by atoms with Crippen LogP contribution in [-0.2, 0) is 28.4 Å². The van der Waals surface area contributed by atoms with Gasteiger partial charge in [0.2, 0.25) is 17.8 Å². The van der Waals surface area contributed by atoms with Crippen LogP contribution in [0.2, 0.25) is 0 Å². The summed E-state index contributed by atoms with van der Waals surface area (Å²) in [5.74, 6) is -2.38. The highest BCUT2D eigenvalue weighted by Gasteiger charge is 2.56. The molecule has 1 rings (SSSR count). The van der Waals surface area contributed by atoms with Crippen molar-refractivity contribution in [2.75, 3.05) is 99.1 Å². The van der Waals surface area contributed by atoms with Gasteiger partial charge in [0, 0.05) is 84.4 Å². The molecule has 12 heteroatoms. The fraction of sp³-hybridized carbons (Fsp3) is 0.833. The Morgan fingerprint density at radius 3 is 1.17 bits per heavy atom. The summed E-state index contributed by atoms with van der Waals surface area (Å²) in [7, 11) is 18.0. The first-order valence-corrected chi connectivity index (χ1v) is 9.22. The molecule has 0 aliphatic heterocycles. The average molecular weight is 433 g/mol. The summed E-state index contributed by atoms with van der Waals surface area (Å²) in [6.45, 7) is 0.217. The maximum absolute atomic E-state index is 5.59. The number of rotatable bonds is 13. The highest BCUT2D eigenvalue weighted by atomic mass is 16.9. The van der Waals surface area contributed by atoms with Crippen molar-refractivity contribution in [1.82, 2.24) is 15.0 Å². The molecule has 0 bridgehead atoms. The summed E-state index contributed by atoms with van der Waals surface area (Å²) in [6, 6.07) is 0. The molecule has 1 aromatic heterocycles. The Balaban J connectivity index is 3.49. The van der Waals surface area contributed by atoms with E-state index in [1.807, 2.05) is 35.2 Å². The van der Waals surface area contributed by atoms with E-state index in [0.29, 0.717) is 17.8 Å². The third kappa shape index (κ3) is 5.25. The largest absolute Gasteiger partial charge is 0.347 e. The molecular formula is C18H36N6O6. The van der Waals surface area contributed by atoms with Crippen LogP contribution in [0.4, 0.5) is 17.8 Å². The van der Waals surface area contributed by atoms with E-state index in [2.05, 4.69) is 15.0 Å². The Hall–Kier alpha value is -1.83. The second-order valence-electron chi connectivity index (χ2n) is 6.89. The third-order valence-electron chi connectivity index (χ3n) is 4.76. The zero-order chi connectivity index (χ0) is 23.1. The molecule has 0 fully saturated rings. The van der Waals surface area contributed by atoms with Gasteiger partial charge in [-0.2, -0.15) is 15.0 Å². The summed E-state index contributed by atoms with van der Waals surface area (Å²) in [4.78, 5) is 18.9. The van der Waals surface area contributed by atoms with Gasteiger partial charge in [-0.1, -0.05) is 0 Å². The van der Waals surface area contributed by atoms with Crippen molar-refractivity contribution < 1.29 is 28.4 Å². The number of hydrogen-bond donors (Lipinski definition) is 0. The zero-order valence-electron chi connectivity index (χ0n) is 19.9. The molecule has 0 atom stereocenters. The van der Waals surface area contributed by atoms with Crippen LogP contribution in [0, 0.1) is 5.92 Å². The van der Waals surface area contributed by atoms with Gasteiger partial charge in [0.05, 0.1) is 0 Å². The lowest BCUT2D eigenvalue weighted by molar-refractivity contribution is -0.466. The van der Waals surface area contributed by atoms with E-state index >= 15 is 0 Å². The lowest BCUT2D eigenvalue weighted by Gasteiger charge is -2.45. The van der Waals surface area contributed by atoms with Crippen molar-refractivity contribution in [1.29, 1.82) is 0 Å². The Kier molecular flexibility index (Phi) is 9.59. The van der Waals surface area contributed by atoms with Gasteiger partial charge in [-0.3, -0.25) is 0 Å². The number of aromatic nitrogens is 3. The smallest absolute Gasteiger partial charge is 0.294 e. The van der Waals surface area contributed by atoms with Crippen LogP contribution >= 0.6 is 0 Å². The molecule has 0 radical (unpaired) electrons. The molecule has 0 spiro atoms. The molecule has 1 aromatic rings. The second-order valence-corrected chi connectivity index (χ2v) is 6.89. The number of ether oxygens (including phenoxy) is 6. The molecule has 12 nitrogen and oxygen atoms in total. The minimum absolute atomic E-state index is 0.217. The SMILES string of the molecule is COC(OC)(OC)C(CN(C)c1nc(N(C)C)nc(N(C)C)n1)C(OC)(OC)OC. The number of anilines is 3. The monoisotopic (exact) mass is 432 g/mol. The second kappa shape index (κ2) is 11.0. The minimum Gasteiger partial charge on any atom is -0.347 e. The first-order chi connectivity index (χ1) is 14.1. The van der Waals surface area contributed by atoms with Crippen LogP contribution in [-0.4, -0.2) is 111 Å². The Morgan fingerprint density at radius 2 is 0.900 bits per heavy atom. The van der Waals surface area contributed by atoms with Crippen LogP contribution in [0.3, 0.4) is 0 Å². The van der Waals surface area contributed by atoms with Crippen molar-refractivity contribution in [3.05, 3.63) is 0 Å². The third-order valence-corrected chi connectivity index (χ3v) is 4.76. The first-order valence-electron chi connectivity index (χ1n) is 9.22. The summed E-state index contributed by atoms with van der Waals surface area (Å²) < 4.78 is 33.5. The topological polar surface area (TPSA) is 104 Å². The molecule has 174 valence electrons. The molecule has 30 heavy (non-hydrogen) atoms. The van der Waals surface area contributed by atoms with Crippen LogP contribution in [0.5, 0.6) is 0 Å². The summed E-state index contributed by atoms with van der Waals surface area (Å²) >= 11 is 0. The van der Waals surface area contributed by atoms with Crippen molar-refractivity contribution in [3.63, 3.8) is 0 Å². The van der Waals surface area contributed by atoms with E-state index in [1.54, 1.807) is 14.7 Å². The summed E-state index contributed by atoms with van der Waals surface area (Å²) in [6.07, 6.45) is 0. The fourth-order valence-corrected chi connectivity index (χ4v) is 3.06. The van der Waals surface area contributed by atoms with Gasteiger partial charge in [-0.25, -0.2) is 0 Å². The maximum atomic E-state index is 5.59. The predicted octanol–water partition coefficient (Wildman–Crippen LogP) is 0.242. The highest BCUT2D eigenvalue weighted by molar-refractivity contribution is 5.44. The molecule has 0 saturated carbocycles.